The number of nitrogens with one attached hydrogen (secondary N) is 2. The molecular weight excluding hydrogens is 332 g/mol. The van der Waals surface area contributed by atoms with Crippen molar-refractivity contribution in [1.82, 2.24) is 9.97 Å². The van der Waals surface area contributed by atoms with Gasteiger partial charge in [-0.2, -0.15) is 0 Å². The van der Waals surface area contributed by atoms with E-state index >= 15 is 0 Å². The number of ether oxygens (including phenoxy) is 2. The van der Waals surface area contributed by atoms with Crippen LogP contribution in [0.15, 0.2) is 46.0 Å². The third-order valence-electron chi connectivity index (χ3n) is 4.54. The Labute approximate surface area is 147 Å². The van der Waals surface area contributed by atoms with Gasteiger partial charge in [-0.1, -0.05) is 0 Å². The van der Waals surface area contributed by atoms with Crippen molar-refractivity contribution in [2.45, 2.75) is 13.8 Å². The van der Waals surface area contributed by atoms with Crippen molar-refractivity contribution < 1.29 is 9.47 Å². The van der Waals surface area contributed by atoms with Crippen molar-refractivity contribution in [3.05, 3.63) is 68.2 Å². The van der Waals surface area contributed by atoms with Crippen LogP contribution in [0.2, 0.25) is 0 Å². The van der Waals surface area contributed by atoms with Gasteiger partial charge in [-0.25, -0.2) is 0 Å². The molecule has 0 unspecified atom stereocenters. The fourth-order valence-electron chi connectivity index (χ4n) is 3.38. The monoisotopic (exact) mass is 346 g/mol. The Bertz CT molecular complexity index is 1240. The molecule has 2 aromatic heterocycles. The summed E-state index contributed by atoms with van der Waals surface area (Å²) in [7, 11) is 0. The lowest BCUT2D eigenvalue weighted by Gasteiger charge is -2.23. The maximum Gasteiger partial charge on any atom is 0.194 e. The van der Waals surface area contributed by atoms with Crippen molar-refractivity contribution in [2.24, 2.45) is 0 Å². The summed E-state index contributed by atoms with van der Waals surface area (Å²) >= 11 is 0. The maximum absolute atomic E-state index is 12.2. The third kappa shape index (κ3) is 1.99. The van der Waals surface area contributed by atoms with Crippen molar-refractivity contribution in [1.29, 1.82) is 0 Å². The van der Waals surface area contributed by atoms with Crippen LogP contribution in [0.3, 0.4) is 0 Å². The van der Waals surface area contributed by atoms with Crippen LogP contribution in [0.25, 0.3) is 21.8 Å². The Hall–Kier alpha value is -3.54. The molecule has 0 bridgehead atoms. The van der Waals surface area contributed by atoms with Crippen LogP contribution in [0.5, 0.6) is 23.0 Å². The van der Waals surface area contributed by atoms with E-state index in [1.54, 1.807) is 36.4 Å². The van der Waals surface area contributed by atoms with Crippen molar-refractivity contribution in [3.63, 3.8) is 0 Å². The van der Waals surface area contributed by atoms with Crippen LogP contribution < -0.4 is 20.3 Å². The van der Waals surface area contributed by atoms with Crippen LogP contribution >= 0.6 is 0 Å². The van der Waals surface area contributed by atoms with Gasteiger partial charge in [0.1, 0.15) is 0 Å². The molecule has 0 saturated carbocycles. The second-order valence-corrected chi connectivity index (χ2v) is 6.47. The van der Waals surface area contributed by atoms with Gasteiger partial charge in [0.25, 0.3) is 0 Å². The Morgan fingerprint density at radius 3 is 1.54 bits per heavy atom. The molecule has 0 spiro atoms. The Kier molecular flexibility index (Phi) is 2.83. The summed E-state index contributed by atoms with van der Waals surface area (Å²) in [6, 6.07) is 9.93. The van der Waals surface area contributed by atoms with Gasteiger partial charge in [0.05, 0.1) is 11.0 Å². The Morgan fingerprint density at radius 2 is 1.12 bits per heavy atom. The van der Waals surface area contributed by atoms with E-state index < -0.39 is 0 Å². The van der Waals surface area contributed by atoms with Gasteiger partial charge in [0.2, 0.25) is 0 Å². The lowest BCUT2D eigenvalue weighted by molar-refractivity contribution is 0.365. The summed E-state index contributed by atoms with van der Waals surface area (Å²) in [5.74, 6) is 1.90. The van der Waals surface area contributed by atoms with E-state index in [1.165, 1.54) is 0 Å². The maximum atomic E-state index is 12.2. The molecule has 6 heteroatoms. The van der Waals surface area contributed by atoms with E-state index in [9.17, 15) is 9.59 Å². The fourth-order valence-corrected chi connectivity index (χ4v) is 3.38. The number of hydrogen-bond donors (Lipinski definition) is 2. The van der Waals surface area contributed by atoms with Crippen LogP contribution in [0, 0.1) is 13.8 Å². The van der Waals surface area contributed by atoms with E-state index in [-0.39, 0.29) is 10.9 Å². The average Bonchev–Trinajstić information content (AvgIpc) is 2.59. The van der Waals surface area contributed by atoms with Gasteiger partial charge >= 0.3 is 0 Å². The number of rotatable bonds is 0. The summed E-state index contributed by atoms with van der Waals surface area (Å²) in [6.45, 7) is 3.64. The number of aromatic amines is 2. The highest BCUT2D eigenvalue weighted by Crippen LogP contribution is 2.49. The van der Waals surface area contributed by atoms with Gasteiger partial charge in [0, 0.05) is 34.3 Å². The van der Waals surface area contributed by atoms with E-state index in [2.05, 4.69) is 9.97 Å². The third-order valence-corrected chi connectivity index (χ3v) is 4.54. The summed E-state index contributed by atoms with van der Waals surface area (Å²) in [4.78, 5) is 30.8. The Morgan fingerprint density at radius 1 is 0.692 bits per heavy atom. The highest BCUT2D eigenvalue weighted by molar-refractivity contribution is 5.92. The quantitative estimate of drug-likeness (QED) is 0.446. The molecule has 128 valence electrons. The van der Waals surface area contributed by atoms with E-state index in [0.717, 1.165) is 11.4 Å². The standard InChI is InChI=1S/C20H14N2O4/c1-9-7-13(23)11-3-5-15-19(17(11)21-9)25-16-6-4-12-14(24)8-10(2)22-18(12)20(16)26-15/h3-8H,1-2H3,(H,21,23)(H,22,24). The van der Waals surface area contributed by atoms with Crippen molar-refractivity contribution in [3.8, 4) is 23.0 Å². The van der Waals surface area contributed by atoms with Crippen LogP contribution in [-0.2, 0) is 0 Å². The van der Waals surface area contributed by atoms with E-state index in [4.69, 9.17) is 9.47 Å². The molecule has 0 radical (unpaired) electrons. The van der Waals surface area contributed by atoms with E-state index in [1.807, 2.05) is 13.8 Å². The molecule has 1 aliphatic rings. The number of aryl methyl sites for hydroxylation is 2. The first kappa shape index (κ1) is 14.8. The molecule has 2 aromatic carbocycles. The predicted octanol–water partition coefficient (Wildman–Crippen LogP) is 3.88. The molecule has 0 saturated heterocycles. The number of H-pyrrole nitrogens is 2. The summed E-state index contributed by atoms with van der Waals surface area (Å²) in [5.41, 5.74) is 2.51. The normalized spacial score (nSPS) is 12.4. The average molecular weight is 346 g/mol. The number of pyridine rings is 2. The lowest BCUT2D eigenvalue weighted by atomic mass is 10.1. The molecule has 5 rings (SSSR count). The first-order valence-electron chi connectivity index (χ1n) is 8.20. The first-order chi connectivity index (χ1) is 12.5. The first-order valence-corrected chi connectivity index (χ1v) is 8.20. The second kappa shape index (κ2) is 4.98. The molecular formula is C20H14N2O4. The smallest absolute Gasteiger partial charge is 0.194 e. The summed E-state index contributed by atoms with van der Waals surface area (Å²) in [5, 5.41) is 1.07. The molecule has 6 nitrogen and oxygen atoms in total. The van der Waals surface area contributed by atoms with Gasteiger partial charge in [-0.3, -0.25) is 9.59 Å². The zero-order valence-corrected chi connectivity index (χ0v) is 14.1. The molecule has 0 aliphatic carbocycles. The zero-order valence-electron chi connectivity index (χ0n) is 14.1. The number of aromatic nitrogens is 2. The van der Waals surface area contributed by atoms with Crippen LogP contribution in [-0.4, -0.2) is 9.97 Å². The fraction of sp³-hybridized carbons (Fsp3) is 0.100. The second-order valence-electron chi connectivity index (χ2n) is 6.47. The molecule has 3 heterocycles. The zero-order chi connectivity index (χ0) is 18.0. The predicted molar refractivity (Wildman–Crippen MR) is 98.8 cm³/mol. The van der Waals surface area contributed by atoms with Gasteiger partial charge in [-0.05, 0) is 38.1 Å². The highest BCUT2D eigenvalue weighted by Gasteiger charge is 2.25. The number of benzene rings is 2. The molecule has 4 aromatic rings. The van der Waals surface area contributed by atoms with Crippen LogP contribution in [0.4, 0.5) is 0 Å². The minimum atomic E-state index is -0.0769. The highest BCUT2D eigenvalue weighted by atomic mass is 16.6. The lowest BCUT2D eigenvalue weighted by Crippen LogP contribution is -2.09. The van der Waals surface area contributed by atoms with Gasteiger partial charge in [-0.15, -0.1) is 0 Å². The summed E-state index contributed by atoms with van der Waals surface area (Å²) < 4.78 is 12.1. The molecule has 0 atom stereocenters. The van der Waals surface area contributed by atoms with Gasteiger partial charge < -0.3 is 19.4 Å². The molecule has 0 fully saturated rings. The summed E-state index contributed by atoms with van der Waals surface area (Å²) in [6.07, 6.45) is 0. The molecule has 1 aliphatic heterocycles. The van der Waals surface area contributed by atoms with E-state index in [0.29, 0.717) is 44.8 Å². The number of fused-ring (bicyclic) bond motifs is 6. The minimum absolute atomic E-state index is 0.0769. The Balaban J connectivity index is 1.80. The van der Waals surface area contributed by atoms with Crippen molar-refractivity contribution >= 4 is 21.8 Å². The topological polar surface area (TPSA) is 84.2 Å². The van der Waals surface area contributed by atoms with Crippen LogP contribution in [0.1, 0.15) is 11.4 Å². The molecule has 26 heavy (non-hydrogen) atoms. The largest absolute Gasteiger partial charge is 0.447 e. The van der Waals surface area contributed by atoms with Crippen molar-refractivity contribution in [2.75, 3.05) is 0 Å². The SMILES string of the molecule is Cc1cc(=O)c2ccc3c(c2[nH]1)Oc1ccc2c(=O)cc(C)[nH]c2c1O3. The van der Waals surface area contributed by atoms with Gasteiger partial charge in [0.15, 0.2) is 33.9 Å². The number of hydrogen-bond acceptors (Lipinski definition) is 4. The minimum Gasteiger partial charge on any atom is -0.447 e. The molecule has 0 amide bonds. The molecule has 2 N–H and O–H groups in total.